The van der Waals surface area contributed by atoms with E-state index in [1.54, 1.807) is 0 Å². The molecule has 0 radical (unpaired) electrons. The van der Waals surface area contributed by atoms with Crippen LogP contribution in [0.5, 0.6) is 11.5 Å². The summed E-state index contributed by atoms with van der Waals surface area (Å²) in [6.45, 7) is 8.24. The number of unbranched alkanes of at least 4 members (excludes halogenated alkanes) is 2. The highest BCUT2D eigenvalue weighted by molar-refractivity contribution is 5.70. The Hall–Kier alpha value is -1.96. The Balaban J connectivity index is 2.47. The molecule has 0 spiro atoms. The lowest BCUT2D eigenvalue weighted by Gasteiger charge is -2.14. The molecule has 0 atom stereocenters. The Kier molecular flexibility index (Phi) is 6.30. The standard InChI is InChI=1S/C22H30O2/c1-5-7-9-17-13-19(11-15(3)21(17)23)20-12-16(4)22(24)18(14-20)10-8-6-2/h11-14,23-24H,5-10H2,1-4H3. The van der Waals surface area contributed by atoms with E-state index in [0.29, 0.717) is 11.5 Å². The number of phenolic OH excluding ortho intramolecular Hbond substituents is 2. The van der Waals surface area contributed by atoms with Gasteiger partial charge in [0.2, 0.25) is 0 Å². The molecule has 2 nitrogen and oxygen atoms in total. The van der Waals surface area contributed by atoms with Gasteiger partial charge in [-0.25, -0.2) is 0 Å². The molecule has 2 aromatic rings. The van der Waals surface area contributed by atoms with Gasteiger partial charge in [0.25, 0.3) is 0 Å². The van der Waals surface area contributed by atoms with Gasteiger partial charge in [-0.1, -0.05) is 26.7 Å². The minimum Gasteiger partial charge on any atom is -0.507 e. The molecule has 0 fully saturated rings. The van der Waals surface area contributed by atoms with Gasteiger partial charge >= 0.3 is 0 Å². The average molecular weight is 326 g/mol. The molecule has 0 bridgehead atoms. The summed E-state index contributed by atoms with van der Waals surface area (Å²) >= 11 is 0. The van der Waals surface area contributed by atoms with Crippen LogP contribution >= 0.6 is 0 Å². The lowest BCUT2D eigenvalue weighted by atomic mass is 9.93. The number of benzene rings is 2. The number of hydrogen-bond acceptors (Lipinski definition) is 2. The molecule has 2 rings (SSSR count). The molecule has 2 aromatic carbocycles. The molecule has 0 heterocycles. The maximum atomic E-state index is 10.3. The van der Waals surface area contributed by atoms with Crippen LogP contribution in [0.25, 0.3) is 11.1 Å². The Morgan fingerprint density at radius 1 is 0.667 bits per heavy atom. The minimum absolute atomic E-state index is 0.425. The van der Waals surface area contributed by atoms with E-state index < -0.39 is 0 Å². The first-order chi connectivity index (χ1) is 11.5. The zero-order valence-electron chi connectivity index (χ0n) is 15.4. The number of aromatic hydroxyl groups is 2. The summed E-state index contributed by atoms with van der Waals surface area (Å²) in [5.41, 5.74) is 6.12. The first-order valence-corrected chi connectivity index (χ1v) is 9.13. The van der Waals surface area contributed by atoms with E-state index in [9.17, 15) is 10.2 Å². The van der Waals surface area contributed by atoms with Crippen molar-refractivity contribution in [2.24, 2.45) is 0 Å². The van der Waals surface area contributed by atoms with E-state index in [-0.39, 0.29) is 0 Å². The lowest BCUT2D eigenvalue weighted by Crippen LogP contribution is -1.94. The van der Waals surface area contributed by atoms with E-state index in [0.717, 1.165) is 71.9 Å². The zero-order valence-corrected chi connectivity index (χ0v) is 15.4. The van der Waals surface area contributed by atoms with Gasteiger partial charge in [0, 0.05) is 0 Å². The monoisotopic (exact) mass is 326 g/mol. The zero-order chi connectivity index (χ0) is 17.7. The van der Waals surface area contributed by atoms with Gasteiger partial charge in [-0.15, -0.1) is 0 Å². The average Bonchev–Trinajstić information content (AvgIpc) is 2.57. The van der Waals surface area contributed by atoms with Crippen molar-refractivity contribution < 1.29 is 10.2 Å². The van der Waals surface area contributed by atoms with Crippen molar-refractivity contribution in [3.8, 4) is 22.6 Å². The third kappa shape index (κ3) is 4.11. The number of aryl methyl sites for hydroxylation is 4. The van der Waals surface area contributed by atoms with Gasteiger partial charge in [0.05, 0.1) is 0 Å². The smallest absolute Gasteiger partial charge is 0.121 e. The quantitative estimate of drug-likeness (QED) is 0.648. The van der Waals surface area contributed by atoms with Crippen LogP contribution in [0.2, 0.25) is 0 Å². The summed E-state index contributed by atoms with van der Waals surface area (Å²) in [6, 6.07) is 8.29. The van der Waals surface area contributed by atoms with Crippen LogP contribution in [0.4, 0.5) is 0 Å². The number of phenols is 2. The maximum Gasteiger partial charge on any atom is 0.121 e. The van der Waals surface area contributed by atoms with E-state index in [2.05, 4.69) is 26.0 Å². The van der Waals surface area contributed by atoms with Crippen LogP contribution in [0.15, 0.2) is 24.3 Å². The fourth-order valence-corrected chi connectivity index (χ4v) is 3.15. The van der Waals surface area contributed by atoms with Gasteiger partial charge in [-0.2, -0.15) is 0 Å². The van der Waals surface area contributed by atoms with E-state index >= 15 is 0 Å². The van der Waals surface area contributed by atoms with Gasteiger partial charge in [0.1, 0.15) is 11.5 Å². The summed E-state index contributed by atoms with van der Waals surface area (Å²) < 4.78 is 0. The van der Waals surface area contributed by atoms with E-state index in [1.807, 2.05) is 26.0 Å². The molecule has 2 heteroatoms. The minimum atomic E-state index is 0.425. The van der Waals surface area contributed by atoms with Gasteiger partial charge in [-0.3, -0.25) is 0 Å². The van der Waals surface area contributed by atoms with Crippen LogP contribution in [0.3, 0.4) is 0 Å². The van der Waals surface area contributed by atoms with Crippen LogP contribution in [-0.4, -0.2) is 10.2 Å². The van der Waals surface area contributed by atoms with Crippen molar-refractivity contribution in [2.75, 3.05) is 0 Å². The maximum absolute atomic E-state index is 10.3. The third-order valence-electron chi connectivity index (χ3n) is 4.69. The van der Waals surface area contributed by atoms with E-state index in [1.165, 1.54) is 0 Å². The van der Waals surface area contributed by atoms with Crippen LogP contribution in [-0.2, 0) is 12.8 Å². The van der Waals surface area contributed by atoms with Crippen molar-refractivity contribution in [1.29, 1.82) is 0 Å². The highest BCUT2D eigenvalue weighted by Gasteiger charge is 2.12. The van der Waals surface area contributed by atoms with Crippen LogP contribution in [0.1, 0.15) is 61.8 Å². The molecule has 24 heavy (non-hydrogen) atoms. The molecule has 0 saturated heterocycles. The number of rotatable bonds is 7. The Labute approximate surface area is 146 Å². The topological polar surface area (TPSA) is 40.5 Å². The van der Waals surface area contributed by atoms with Crippen molar-refractivity contribution in [3.63, 3.8) is 0 Å². The van der Waals surface area contributed by atoms with Crippen LogP contribution in [0, 0.1) is 13.8 Å². The van der Waals surface area contributed by atoms with Gasteiger partial charge < -0.3 is 10.2 Å². The molecule has 0 amide bonds. The van der Waals surface area contributed by atoms with Crippen molar-refractivity contribution in [2.45, 2.75) is 66.2 Å². The first kappa shape index (κ1) is 18.4. The van der Waals surface area contributed by atoms with Crippen molar-refractivity contribution in [1.82, 2.24) is 0 Å². The fraction of sp³-hybridized carbons (Fsp3) is 0.455. The first-order valence-electron chi connectivity index (χ1n) is 9.13. The van der Waals surface area contributed by atoms with Crippen LogP contribution < -0.4 is 0 Å². The predicted molar refractivity (Wildman–Crippen MR) is 102 cm³/mol. The summed E-state index contributed by atoms with van der Waals surface area (Å²) in [7, 11) is 0. The highest BCUT2D eigenvalue weighted by Crippen LogP contribution is 2.34. The Morgan fingerprint density at radius 3 is 1.38 bits per heavy atom. The van der Waals surface area contributed by atoms with Crippen molar-refractivity contribution in [3.05, 3.63) is 46.5 Å². The van der Waals surface area contributed by atoms with Gasteiger partial charge in [-0.05, 0) is 97.2 Å². The summed E-state index contributed by atoms with van der Waals surface area (Å²) in [4.78, 5) is 0. The second-order valence-electron chi connectivity index (χ2n) is 6.81. The lowest BCUT2D eigenvalue weighted by molar-refractivity contribution is 0.462. The van der Waals surface area contributed by atoms with Gasteiger partial charge in [0.15, 0.2) is 0 Å². The molecule has 130 valence electrons. The second kappa shape index (κ2) is 8.23. The Morgan fingerprint density at radius 2 is 1.04 bits per heavy atom. The molecule has 0 aliphatic carbocycles. The Bertz CT molecular complexity index is 640. The summed E-state index contributed by atoms with van der Waals surface area (Å²) in [6.07, 6.45) is 6.18. The molecule has 0 unspecified atom stereocenters. The largest absolute Gasteiger partial charge is 0.507 e. The number of hydrogen-bond donors (Lipinski definition) is 2. The van der Waals surface area contributed by atoms with E-state index in [4.69, 9.17) is 0 Å². The second-order valence-corrected chi connectivity index (χ2v) is 6.81. The SMILES string of the molecule is CCCCc1cc(-c2cc(C)c(O)c(CCCC)c2)cc(C)c1O. The van der Waals surface area contributed by atoms with Crippen molar-refractivity contribution >= 4 is 0 Å². The molecular weight excluding hydrogens is 296 g/mol. The summed E-state index contributed by atoms with van der Waals surface area (Å²) in [5, 5.41) is 20.6. The molecule has 0 aliphatic heterocycles. The molecule has 2 N–H and O–H groups in total. The molecular formula is C22H30O2. The highest BCUT2D eigenvalue weighted by atomic mass is 16.3. The molecule has 0 saturated carbocycles. The normalized spacial score (nSPS) is 11.0. The summed E-state index contributed by atoms with van der Waals surface area (Å²) in [5.74, 6) is 0.850. The fourth-order valence-electron chi connectivity index (χ4n) is 3.15. The predicted octanol–water partition coefficient (Wildman–Crippen LogP) is 6.07. The molecule has 0 aromatic heterocycles. The third-order valence-corrected chi connectivity index (χ3v) is 4.69. The molecule has 0 aliphatic rings.